The first-order chi connectivity index (χ1) is 8.63. The number of carboxylic acids is 1. The number of carboxylic acid groups (broad SMARTS) is 1. The number of amides is 1. The highest BCUT2D eigenvalue weighted by Crippen LogP contribution is 2.29. The molecule has 0 saturated heterocycles. The molecule has 0 spiro atoms. The summed E-state index contributed by atoms with van der Waals surface area (Å²) < 4.78 is 0. The van der Waals surface area contributed by atoms with E-state index in [9.17, 15) is 14.7 Å². The zero-order valence-electron chi connectivity index (χ0n) is 10.4. The van der Waals surface area contributed by atoms with Gasteiger partial charge in [0, 0.05) is 11.5 Å². The van der Waals surface area contributed by atoms with Gasteiger partial charge >= 0.3 is 5.97 Å². The molecule has 3 N–H and O–H groups in total. The molecule has 0 aromatic heterocycles. The molecule has 1 saturated carbocycles. The molecule has 18 heavy (non-hydrogen) atoms. The Balaban J connectivity index is 2.14. The molecule has 5 nitrogen and oxygen atoms in total. The molecule has 104 valence electrons. The van der Waals surface area contributed by atoms with Crippen molar-refractivity contribution in [2.75, 3.05) is 11.5 Å². The first-order valence-corrected chi connectivity index (χ1v) is 7.47. The third kappa shape index (κ3) is 5.73. The molecule has 0 aromatic rings. The minimum atomic E-state index is -1.04. The van der Waals surface area contributed by atoms with Crippen molar-refractivity contribution in [1.29, 1.82) is 0 Å². The highest BCUT2D eigenvalue weighted by Gasteiger charge is 2.20. The van der Waals surface area contributed by atoms with Crippen LogP contribution in [-0.4, -0.2) is 46.2 Å². The lowest BCUT2D eigenvalue weighted by atomic mass is 10.0. The van der Waals surface area contributed by atoms with Crippen LogP contribution in [-0.2, 0) is 9.59 Å². The van der Waals surface area contributed by atoms with E-state index in [1.165, 1.54) is 37.4 Å². The van der Waals surface area contributed by atoms with E-state index in [2.05, 4.69) is 5.32 Å². The number of rotatable bonds is 9. The summed E-state index contributed by atoms with van der Waals surface area (Å²) in [5, 5.41) is 20.9. The van der Waals surface area contributed by atoms with Crippen LogP contribution in [0.5, 0.6) is 0 Å². The van der Waals surface area contributed by atoms with E-state index in [0.29, 0.717) is 18.1 Å². The summed E-state index contributed by atoms with van der Waals surface area (Å²) in [6.45, 7) is 0. The second kappa shape index (κ2) is 8.37. The highest BCUT2D eigenvalue weighted by atomic mass is 32.2. The average molecular weight is 275 g/mol. The summed E-state index contributed by atoms with van der Waals surface area (Å²) in [5.41, 5.74) is 0. The number of hydrogen-bond donors (Lipinski definition) is 3. The Hall–Kier alpha value is -0.750. The number of hydrogen-bond acceptors (Lipinski definition) is 4. The maximum Gasteiger partial charge on any atom is 0.327 e. The van der Waals surface area contributed by atoms with Crippen molar-refractivity contribution in [2.45, 2.75) is 44.2 Å². The quantitative estimate of drug-likeness (QED) is 0.543. The number of aliphatic hydroxyl groups excluding tert-OH is 1. The van der Waals surface area contributed by atoms with Crippen LogP contribution in [0.3, 0.4) is 0 Å². The van der Waals surface area contributed by atoms with Gasteiger partial charge in [-0.15, -0.1) is 0 Å². The van der Waals surface area contributed by atoms with Gasteiger partial charge in [0.15, 0.2) is 0 Å². The van der Waals surface area contributed by atoms with E-state index >= 15 is 0 Å². The van der Waals surface area contributed by atoms with Gasteiger partial charge < -0.3 is 15.5 Å². The molecule has 0 radical (unpaired) electrons. The van der Waals surface area contributed by atoms with E-state index in [1.54, 1.807) is 0 Å². The Kier molecular flexibility index (Phi) is 7.12. The zero-order chi connectivity index (χ0) is 13.4. The second-order valence-electron chi connectivity index (χ2n) is 4.75. The molecule has 6 heteroatoms. The van der Waals surface area contributed by atoms with Crippen molar-refractivity contribution >= 4 is 24.1 Å². The van der Waals surface area contributed by atoms with Crippen molar-refractivity contribution in [2.24, 2.45) is 5.92 Å². The lowest BCUT2D eigenvalue weighted by Crippen LogP contribution is -2.38. The highest BCUT2D eigenvalue weighted by molar-refractivity contribution is 7.99. The lowest BCUT2D eigenvalue weighted by Gasteiger charge is -2.16. The number of nitrogens with one attached hydrogen (secondary N) is 1. The molecule has 1 amide bonds. The Morgan fingerprint density at radius 2 is 2.06 bits per heavy atom. The van der Waals surface area contributed by atoms with Crippen LogP contribution in [0.4, 0.5) is 0 Å². The van der Waals surface area contributed by atoms with Crippen LogP contribution < -0.4 is 5.32 Å². The van der Waals surface area contributed by atoms with Crippen molar-refractivity contribution in [3.05, 3.63) is 0 Å². The van der Waals surface area contributed by atoms with Crippen molar-refractivity contribution in [3.63, 3.8) is 0 Å². The van der Waals surface area contributed by atoms with Crippen molar-refractivity contribution in [3.8, 4) is 0 Å². The molecule has 1 aliphatic carbocycles. The monoisotopic (exact) mass is 275 g/mol. The predicted octanol–water partition coefficient (Wildman–Crippen LogP) is 0.860. The fraction of sp³-hybridized carbons (Fsp3) is 0.833. The molecular weight excluding hydrogens is 254 g/mol. The van der Waals surface area contributed by atoms with E-state index in [4.69, 9.17) is 5.11 Å². The molecule has 2 unspecified atom stereocenters. The smallest absolute Gasteiger partial charge is 0.327 e. The molecule has 0 bridgehead atoms. The predicted molar refractivity (Wildman–Crippen MR) is 70.5 cm³/mol. The Morgan fingerprint density at radius 3 is 2.61 bits per heavy atom. The normalized spacial score (nSPS) is 19.4. The molecule has 0 aliphatic heterocycles. The van der Waals surface area contributed by atoms with Crippen molar-refractivity contribution < 1.29 is 19.8 Å². The Labute approximate surface area is 111 Å². The van der Waals surface area contributed by atoms with E-state index in [1.807, 2.05) is 0 Å². The minimum absolute atomic E-state index is 0.288. The van der Waals surface area contributed by atoms with Crippen LogP contribution >= 0.6 is 11.8 Å². The summed E-state index contributed by atoms with van der Waals surface area (Å²) in [5.74, 6) is 0.403. The van der Waals surface area contributed by atoms with Gasteiger partial charge in [-0.1, -0.05) is 25.7 Å². The first kappa shape index (κ1) is 15.3. The fourth-order valence-electron chi connectivity index (χ4n) is 2.29. The summed E-state index contributed by atoms with van der Waals surface area (Å²) >= 11 is 1.37. The maximum absolute atomic E-state index is 10.7. The molecule has 1 rings (SSSR count). The van der Waals surface area contributed by atoms with Gasteiger partial charge in [-0.25, -0.2) is 4.79 Å². The maximum atomic E-state index is 10.7. The molecular formula is C12H21NO4S. The summed E-state index contributed by atoms with van der Waals surface area (Å²) in [6.07, 6.45) is 5.76. The lowest BCUT2D eigenvalue weighted by molar-refractivity contribution is -0.139. The number of aliphatic carboxylic acids is 1. The number of aliphatic hydroxyl groups is 1. The Morgan fingerprint density at radius 1 is 1.39 bits per heavy atom. The van der Waals surface area contributed by atoms with E-state index in [-0.39, 0.29) is 11.9 Å². The van der Waals surface area contributed by atoms with Gasteiger partial charge in [-0.3, -0.25) is 4.79 Å². The third-order valence-electron chi connectivity index (χ3n) is 3.24. The van der Waals surface area contributed by atoms with Crippen LogP contribution in [0.25, 0.3) is 0 Å². The van der Waals surface area contributed by atoms with Gasteiger partial charge in [0.1, 0.15) is 6.04 Å². The van der Waals surface area contributed by atoms with Gasteiger partial charge in [-0.2, -0.15) is 11.8 Å². The summed E-state index contributed by atoms with van der Waals surface area (Å²) in [6, 6.07) is -0.869. The largest absolute Gasteiger partial charge is 0.480 e. The van der Waals surface area contributed by atoms with Gasteiger partial charge in [0.25, 0.3) is 0 Å². The zero-order valence-corrected chi connectivity index (χ0v) is 11.2. The standard InChI is InChI=1S/C12H21NO4S/c14-8-13-11(12(16)17)7-18-6-10(15)5-9-3-1-2-4-9/h8-11,15H,1-7H2,(H,13,14)(H,16,17). The number of carbonyl (C=O) groups excluding carboxylic acids is 1. The molecule has 1 aliphatic rings. The molecule has 0 heterocycles. The second-order valence-corrected chi connectivity index (χ2v) is 5.83. The van der Waals surface area contributed by atoms with Gasteiger partial charge in [-0.05, 0) is 12.3 Å². The minimum Gasteiger partial charge on any atom is -0.480 e. The number of carbonyl (C=O) groups is 2. The number of thioether (sulfide) groups is 1. The van der Waals surface area contributed by atoms with Crippen LogP contribution in [0.1, 0.15) is 32.1 Å². The van der Waals surface area contributed by atoms with Crippen LogP contribution in [0, 0.1) is 5.92 Å². The van der Waals surface area contributed by atoms with Crippen LogP contribution in [0.2, 0.25) is 0 Å². The summed E-state index contributed by atoms with van der Waals surface area (Å²) in [4.78, 5) is 21.0. The molecule has 1 fully saturated rings. The first-order valence-electron chi connectivity index (χ1n) is 6.31. The Bertz CT molecular complexity index is 269. The SMILES string of the molecule is O=CNC(CSCC(O)CC1CCCC1)C(=O)O. The topological polar surface area (TPSA) is 86.6 Å². The van der Waals surface area contributed by atoms with Crippen molar-refractivity contribution in [1.82, 2.24) is 5.32 Å². The third-order valence-corrected chi connectivity index (χ3v) is 4.43. The molecule has 0 aromatic carbocycles. The van der Waals surface area contributed by atoms with E-state index in [0.717, 1.165) is 6.42 Å². The molecule has 2 atom stereocenters. The van der Waals surface area contributed by atoms with Crippen LogP contribution in [0.15, 0.2) is 0 Å². The van der Waals surface area contributed by atoms with E-state index < -0.39 is 12.0 Å². The van der Waals surface area contributed by atoms with Gasteiger partial charge in [0.05, 0.1) is 6.10 Å². The summed E-state index contributed by atoms with van der Waals surface area (Å²) in [7, 11) is 0. The van der Waals surface area contributed by atoms with Gasteiger partial charge in [0.2, 0.25) is 6.41 Å². The fourth-order valence-corrected chi connectivity index (χ4v) is 3.31. The average Bonchev–Trinajstić information content (AvgIpc) is 2.80.